The van der Waals surface area contributed by atoms with Crippen LogP contribution in [-0.4, -0.2) is 11.3 Å². The Hall–Kier alpha value is -1.60. The Balaban J connectivity index is 3.39. The van der Waals surface area contributed by atoms with Gasteiger partial charge in [0.15, 0.2) is 0 Å². The molecule has 0 unspecified atom stereocenters. The zero-order valence-corrected chi connectivity index (χ0v) is 7.36. The molecule has 1 rings (SSSR count). The highest BCUT2D eigenvalue weighted by molar-refractivity contribution is 5.75. The molecule has 16 heavy (non-hydrogen) atoms. The van der Waals surface area contributed by atoms with Crippen LogP contribution in [-0.2, 0) is 12.4 Å². The highest BCUT2D eigenvalue weighted by Gasteiger charge is 2.38. The predicted molar refractivity (Wildman–Crippen MR) is 39.6 cm³/mol. The van der Waals surface area contributed by atoms with Crippen molar-refractivity contribution < 1.29 is 31.1 Å². The van der Waals surface area contributed by atoms with Gasteiger partial charge in [0.1, 0.15) is 17.7 Å². The minimum atomic E-state index is -5.03. The van der Waals surface area contributed by atoms with Crippen molar-refractivity contribution in [3.63, 3.8) is 0 Å². The molecule has 0 bridgehead atoms. The normalized spacial score (nSPS) is 12.6. The molecule has 0 spiro atoms. The maximum absolute atomic E-state index is 12.1. The van der Waals surface area contributed by atoms with Crippen LogP contribution in [0.5, 0.6) is 0 Å². The molecule has 0 radical (unpaired) electrons. The Morgan fingerprint density at radius 2 is 1.31 bits per heavy atom. The third-order valence-electron chi connectivity index (χ3n) is 1.56. The van der Waals surface area contributed by atoms with E-state index < -0.39 is 29.3 Å². The number of carbonyl (C=O) groups excluding carboxylic acids is 1. The topological polar surface area (TPSA) is 30.0 Å². The van der Waals surface area contributed by atoms with E-state index in [0.29, 0.717) is 0 Å². The summed E-state index contributed by atoms with van der Waals surface area (Å²) in [5.74, 6) is 0. The van der Waals surface area contributed by atoms with Gasteiger partial charge in [-0.1, -0.05) is 0 Å². The van der Waals surface area contributed by atoms with E-state index in [4.69, 9.17) is 0 Å². The van der Waals surface area contributed by atoms with E-state index in [1.54, 1.807) is 0 Å². The molecule has 2 nitrogen and oxygen atoms in total. The van der Waals surface area contributed by atoms with Crippen molar-refractivity contribution in [1.29, 1.82) is 0 Å². The molecule has 0 atom stereocenters. The largest absolute Gasteiger partial charge is 0.433 e. The maximum atomic E-state index is 12.1. The number of nitrogens with zero attached hydrogens (tertiary/aromatic N) is 1. The number of alkyl halides is 6. The van der Waals surface area contributed by atoms with Crippen molar-refractivity contribution in [1.82, 2.24) is 4.98 Å². The van der Waals surface area contributed by atoms with Crippen molar-refractivity contribution in [2.75, 3.05) is 0 Å². The summed E-state index contributed by atoms with van der Waals surface area (Å²) in [5.41, 5.74) is -4.22. The van der Waals surface area contributed by atoms with Crippen LogP contribution in [0.4, 0.5) is 26.3 Å². The van der Waals surface area contributed by atoms with E-state index in [1.165, 1.54) is 0 Å². The number of pyridine rings is 1. The molecule has 0 saturated heterocycles. The number of aldehydes is 1. The SMILES string of the molecule is O=Cc1cc(C(F)(F)F)nc(C(F)(F)F)c1. The molecule has 0 saturated carbocycles. The Bertz CT molecular complexity index is 376. The molecule has 0 aliphatic carbocycles. The lowest BCUT2D eigenvalue weighted by Gasteiger charge is -2.10. The predicted octanol–water partition coefficient (Wildman–Crippen LogP) is 2.93. The minimum Gasteiger partial charge on any atom is -0.298 e. The van der Waals surface area contributed by atoms with Gasteiger partial charge in [-0.05, 0) is 12.1 Å². The Labute approximate surface area is 84.9 Å². The molecule has 1 aromatic rings. The van der Waals surface area contributed by atoms with Crippen molar-refractivity contribution in [2.24, 2.45) is 0 Å². The van der Waals surface area contributed by atoms with Gasteiger partial charge in [0, 0.05) is 5.56 Å². The van der Waals surface area contributed by atoms with Crippen LogP contribution >= 0.6 is 0 Å². The van der Waals surface area contributed by atoms with Crippen LogP contribution in [0, 0.1) is 0 Å². The van der Waals surface area contributed by atoms with Crippen molar-refractivity contribution >= 4 is 6.29 Å². The Morgan fingerprint density at radius 3 is 1.56 bits per heavy atom. The van der Waals surface area contributed by atoms with E-state index in [-0.39, 0.29) is 18.4 Å². The summed E-state index contributed by atoms with van der Waals surface area (Å²) in [6.07, 6.45) is -10.2. The summed E-state index contributed by atoms with van der Waals surface area (Å²) in [5, 5.41) is 0. The molecular weight excluding hydrogens is 240 g/mol. The number of carbonyl (C=O) groups is 1. The van der Waals surface area contributed by atoms with E-state index >= 15 is 0 Å². The van der Waals surface area contributed by atoms with Crippen LogP contribution in [0.15, 0.2) is 12.1 Å². The molecule has 8 heteroatoms. The first-order valence-electron chi connectivity index (χ1n) is 3.76. The van der Waals surface area contributed by atoms with Gasteiger partial charge in [-0.15, -0.1) is 0 Å². The highest BCUT2D eigenvalue weighted by atomic mass is 19.4. The summed E-state index contributed by atoms with van der Waals surface area (Å²) < 4.78 is 72.8. The number of halogens is 6. The molecule has 0 amide bonds. The molecule has 1 heterocycles. The van der Waals surface area contributed by atoms with Gasteiger partial charge < -0.3 is 0 Å². The molecule has 88 valence electrons. The Morgan fingerprint density at radius 1 is 0.938 bits per heavy atom. The number of aromatic nitrogens is 1. The quantitative estimate of drug-likeness (QED) is 0.560. The van der Waals surface area contributed by atoms with Crippen LogP contribution in [0.3, 0.4) is 0 Å². The van der Waals surface area contributed by atoms with Crippen LogP contribution < -0.4 is 0 Å². The highest BCUT2D eigenvalue weighted by Crippen LogP contribution is 2.33. The fraction of sp³-hybridized carbons (Fsp3) is 0.250. The monoisotopic (exact) mass is 243 g/mol. The molecule has 0 N–H and O–H groups in total. The number of rotatable bonds is 1. The molecule has 0 aromatic carbocycles. The van der Waals surface area contributed by atoms with Crippen LogP contribution in [0.25, 0.3) is 0 Å². The number of hydrogen-bond donors (Lipinski definition) is 0. The summed E-state index contributed by atoms with van der Waals surface area (Å²) in [4.78, 5) is 12.6. The lowest BCUT2D eigenvalue weighted by molar-refractivity contribution is -0.150. The average Bonchev–Trinajstić information content (AvgIpc) is 2.14. The van der Waals surface area contributed by atoms with Gasteiger partial charge in [-0.3, -0.25) is 4.79 Å². The smallest absolute Gasteiger partial charge is 0.298 e. The third-order valence-corrected chi connectivity index (χ3v) is 1.56. The van der Waals surface area contributed by atoms with E-state index in [9.17, 15) is 31.1 Å². The first kappa shape index (κ1) is 12.5. The van der Waals surface area contributed by atoms with Crippen molar-refractivity contribution in [3.8, 4) is 0 Å². The maximum Gasteiger partial charge on any atom is 0.433 e. The summed E-state index contributed by atoms with van der Waals surface area (Å²) >= 11 is 0. The zero-order chi connectivity index (χ0) is 12.6. The van der Waals surface area contributed by atoms with Crippen molar-refractivity contribution in [3.05, 3.63) is 29.1 Å². The third kappa shape index (κ3) is 2.71. The van der Waals surface area contributed by atoms with Crippen molar-refractivity contribution in [2.45, 2.75) is 12.4 Å². The molecular formula is C8H3F6NO. The van der Waals surface area contributed by atoms with E-state index in [0.717, 1.165) is 0 Å². The van der Waals surface area contributed by atoms with Crippen LogP contribution in [0.2, 0.25) is 0 Å². The lowest BCUT2D eigenvalue weighted by Crippen LogP contribution is -2.15. The fourth-order valence-electron chi connectivity index (χ4n) is 0.910. The molecule has 0 aliphatic rings. The van der Waals surface area contributed by atoms with Gasteiger partial charge in [0.25, 0.3) is 0 Å². The fourth-order valence-corrected chi connectivity index (χ4v) is 0.910. The summed E-state index contributed by atoms with van der Waals surface area (Å²) in [7, 11) is 0. The second kappa shape index (κ2) is 3.76. The Kier molecular flexibility index (Phi) is 2.93. The first-order valence-corrected chi connectivity index (χ1v) is 3.76. The average molecular weight is 243 g/mol. The molecule has 0 aliphatic heterocycles. The van der Waals surface area contributed by atoms with E-state index in [1.807, 2.05) is 0 Å². The van der Waals surface area contributed by atoms with Gasteiger partial charge in [0.2, 0.25) is 0 Å². The standard InChI is InChI=1S/C8H3F6NO/c9-7(10,11)5-1-4(3-16)2-6(15-5)8(12,13)14/h1-3H. The molecule has 1 aromatic heterocycles. The van der Waals surface area contributed by atoms with Gasteiger partial charge in [0.05, 0.1) is 0 Å². The minimum absolute atomic E-state index is 0.105. The zero-order valence-electron chi connectivity index (χ0n) is 7.36. The summed E-state index contributed by atoms with van der Waals surface area (Å²) in [6.45, 7) is 0. The lowest BCUT2D eigenvalue weighted by atomic mass is 10.2. The van der Waals surface area contributed by atoms with Gasteiger partial charge in [-0.25, -0.2) is 4.98 Å². The molecule has 0 fully saturated rings. The van der Waals surface area contributed by atoms with Gasteiger partial charge >= 0.3 is 12.4 Å². The second-order valence-corrected chi connectivity index (χ2v) is 2.78. The number of hydrogen-bond acceptors (Lipinski definition) is 2. The first-order chi connectivity index (χ1) is 7.14. The summed E-state index contributed by atoms with van der Waals surface area (Å²) in [6, 6.07) is 0.504. The van der Waals surface area contributed by atoms with Gasteiger partial charge in [-0.2, -0.15) is 26.3 Å². The van der Waals surface area contributed by atoms with E-state index in [2.05, 4.69) is 4.98 Å². The second-order valence-electron chi connectivity index (χ2n) is 2.78. The van der Waals surface area contributed by atoms with Crippen LogP contribution in [0.1, 0.15) is 21.7 Å².